The highest BCUT2D eigenvalue weighted by atomic mass is 35.5. The number of thioether (sulfide) groups is 1. The van der Waals surface area contributed by atoms with Crippen LogP contribution in [0.5, 0.6) is 11.5 Å². The van der Waals surface area contributed by atoms with Gasteiger partial charge in [-0.25, -0.2) is 4.79 Å². The minimum absolute atomic E-state index is 0.0399. The number of aliphatic hydroxyl groups excluding tert-OH is 2. The number of aliphatic hydroxyl groups is 2. The smallest absolute Gasteiger partial charge is 0.338 e. The van der Waals surface area contributed by atoms with Crippen LogP contribution in [0.4, 0.5) is 5.69 Å². The maximum atomic E-state index is 13.5. The van der Waals surface area contributed by atoms with Crippen LogP contribution < -0.4 is 14.8 Å². The van der Waals surface area contributed by atoms with Gasteiger partial charge in [-0.1, -0.05) is 59.3 Å². The first-order valence-electron chi connectivity index (χ1n) is 16.3. The molecule has 2 aliphatic rings. The summed E-state index contributed by atoms with van der Waals surface area (Å²) in [4.78, 5) is 42.7. The molecule has 2 amide bonds. The number of nitrogens with zero attached hydrogens (tertiary/aromatic N) is 2. The SMILES string of the molecule is COc1cc(C(=O)OCC(O)CO)ccc1NC(=O)CCN1C(=O)/C(=C/c2ccc(OCCN3CCOCC3)c(-c3ccc(Cl)c(Cl)c3)c2)SC1=S. The number of carbonyl (C=O) groups is 3. The van der Waals surface area contributed by atoms with Gasteiger partial charge in [0, 0.05) is 38.2 Å². The number of esters is 1. The Kier molecular flexibility index (Phi) is 14.3. The van der Waals surface area contributed by atoms with Crippen LogP contribution in [0.25, 0.3) is 17.2 Å². The number of anilines is 1. The zero-order chi connectivity index (χ0) is 37.2. The maximum Gasteiger partial charge on any atom is 0.338 e. The number of benzene rings is 3. The second-order valence-corrected chi connectivity index (χ2v) is 14.2. The molecule has 12 nitrogen and oxygen atoms in total. The molecule has 2 saturated heterocycles. The molecule has 0 saturated carbocycles. The molecule has 0 radical (unpaired) electrons. The molecule has 16 heteroatoms. The fourth-order valence-electron chi connectivity index (χ4n) is 5.26. The number of halogens is 2. The molecule has 2 aliphatic heterocycles. The first kappa shape index (κ1) is 39.5. The Hall–Kier alpha value is -3.73. The van der Waals surface area contributed by atoms with E-state index in [4.69, 9.17) is 59.5 Å². The van der Waals surface area contributed by atoms with Crippen molar-refractivity contribution in [1.29, 1.82) is 0 Å². The molecule has 2 heterocycles. The molecule has 0 aliphatic carbocycles. The quantitative estimate of drug-likeness (QED) is 0.107. The number of carbonyl (C=O) groups excluding carboxylic acids is 3. The summed E-state index contributed by atoms with van der Waals surface area (Å²) >= 11 is 19.2. The minimum Gasteiger partial charge on any atom is -0.495 e. The summed E-state index contributed by atoms with van der Waals surface area (Å²) in [5.41, 5.74) is 2.75. The summed E-state index contributed by atoms with van der Waals surface area (Å²) in [6.45, 7) is 3.46. The number of nitrogens with one attached hydrogen (secondary N) is 1. The fourth-order valence-corrected chi connectivity index (χ4v) is 6.87. The van der Waals surface area contributed by atoms with E-state index in [1.165, 1.54) is 30.2 Å². The molecule has 3 aromatic carbocycles. The predicted molar refractivity (Wildman–Crippen MR) is 204 cm³/mol. The van der Waals surface area contributed by atoms with Gasteiger partial charge in [0.05, 0.1) is 53.1 Å². The van der Waals surface area contributed by atoms with Gasteiger partial charge in [0.1, 0.15) is 35.1 Å². The summed E-state index contributed by atoms with van der Waals surface area (Å²) in [5.74, 6) is -0.607. The Labute approximate surface area is 320 Å². The lowest BCUT2D eigenvalue weighted by atomic mass is 10.0. The molecular formula is C36H37Cl2N3O9S2. The molecule has 2 fully saturated rings. The van der Waals surface area contributed by atoms with Crippen molar-refractivity contribution in [2.24, 2.45) is 0 Å². The third-order valence-corrected chi connectivity index (χ3v) is 10.2. The van der Waals surface area contributed by atoms with Crippen molar-refractivity contribution in [3.05, 3.63) is 80.7 Å². The van der Waals surface area contributed by atoms with E-state index in [1.807, 2.05) is 24.3 Å². The van der Waals surface area contributed by atoms with Crippen molar-refractivity contribution in [3.63, 3.8) is 0 Å². The summed E-state index contributed by atoms with van der Waals surface area (Å²) < 4.78 is 22.3. The fraction of sp³-hybridized carbons (Fsp3) is 0.333. The van der Waals surface area contributed by atoms with Crippen molar-refractivity contribution >= 4 is 81.0 Å². The van der Waals surface area contributed by atoms with Gasteiger partial charge in [-0.2, -0.15) is 0 Å². The normalized spacial score (nSPS) is 16.2. The maximum absolute atomic E-state index is 13.5. The van der Waals surface area contributed by atoms with Crippen molar-refractivity contribution in [2.45, 2.75) is 12.5 Å². The Morgan fingerprint density at radius 1 is 1.06 bits per heavy atom. The van der Waals surface area contributed by atoms with Crippen molar-refractivity contribution in [2.75, 3.05) is 71.6 Å². The molecule has 1 unspecified atom stereocenters. The van der Waals surface area contributed by atoms with Gasteiger partial charge < -0.3 is 34.5 Å². The number of methoxy groups -OCH3 is 1. The Morgan fingerprint density at radius 3 is 2.58 bits per heavy atom. The van der Waals surface area contributed by atoms with Crippen LogP contribution in [0, 0.1) is 0 Å². The minimum atomic E-state index is -1.19. The third kappa shape index (κ3) is 10.4. The second kappa shape index (κ2) is 18.9. The van der Waals surface area contributed by atoms with E-state index in [9.17, 15) is 19.5 Å². The molecule has 276 valence electrons. The molecular weight excluding hydrogens is 753 g/mol. The van der Waals surface area contributed by atoms with E-state index in [0.29, 0.717) is 50.5 Å². The summed E-state index contributed by atoms with van der Waals surface area (Å²) in [5, 5.41) is 21.9. The lowest BCUT2D eigenvalue weighted by Gasteiger charge is -2.26. The summed E-state index contributed by atoms with van der Waals surface area (Å²) in [7, 11) is 1.38. The number of rotatable bonds is 15. The van der Waals surface area contributed by atoms with Crippen LogP contribution in [0.1, 0.15) is 22.3 Å². The van der Waals surface area contributed by atoms with Crippen molar-refractivity contribution in [1.82, 2.24) is 9.80 Å². The molecule has 0 aromatic heterocycles. The van der Waals surface area contributed by atoms with Crippen LogP contribution in [0.2, 0.25) is 10.0 Å². The van der Waals surface area contributed by atoms with Gasteiger partial charge in [0.25, 0.3) is 5.91 Å². The largest absolute Gasteiger partial charge is 0.495 e. The average Bonchev–Trinajstić information content (AvgIpc) is 3.42. The van der Waals surface area contributed by atoms with Gasteiger partial charge in [0.2, 0.25) is 5.91 Å². The van der Waals surface area contributed by atoms with E-state index in [-0.39, 0.29) is 36.8 Å². The molecule has 0 bridgehead atoms. The van der Waals surface area contributed by atoms with Crippen LogP contribution in [-0.4, -0.2) is 115 Å². The molecule has 0 spiro atoms. The first-order valence-corrected chi connectivity index (χ1v) is 18.3. The number of thiocarbonyl (C=S) groups is 1. The van der Waals surface area contributed by atoms with E-state index in [0.717, 1.165) is 48.1 Å². The average molecular weight is 791 g/mol. The van der Waals surface area contributed by atoms with Crippen LogP contribution in [0.15, 0.2) is 59.5 Å². The monoisotopic (exact) mass is 789 g/mol. The van der Waals surface area contributed by atoms with E-state index in [2.05, 4.69) is 10.2 Å². The first-order chi connectivity index (χ1) is 25.1. The third-order valence-electron chi connectivity index (χ3n) is 8.07. The van der Waals surface area contributed by atoms with Crippen molar-refractivity contribution in [3.8, 4) is 22.6 Å². The number of hydrogen-bond acceptors (Lipinski definition) is 12. The van der Waals surface area contributed by atoms with Crippen LogP contribution in [0.3, 0.4) is 0 Å². The van der Waals surface area contributed by atoms with Crippen molar-refractivity contribution < 1.29 is 43.5 Å². The molecule has 5 rings (SSSR count). The molecule has 3 aromatic rings. The predicted octanol–water partition coefficient (Wildman–Crippen LogP) is 5.12. The zero-order valence-corrected chi connectivity index (χ0v) is 31.3. The standard InChI is InChI=1S/C36H37Cl2N3O9S2/c1-47-31-19-24(35(46)50-21-25(43)20-42)4-6-29(31)39-33(44)8-9-41-34(45)32(52-36(41)51)17-22-2-7-30(49-15-12-40-10-13-48-14-11-40)26(16-22)23-3-5-27(37)28(38)18-23/h2-7,16-19,25,42-43H,8-15,20-21H2,1H3,(H,39,44)/b32-17-. The highest BCUT2D eigenvalue weighted by molar-refractivity contribution is 8.26. The van der Waals surface area contributed by atoms with Gasteiger partial charge >= 0.3 is 5.97 Å². The Morgan fingerprint density at radius 2 is 1.85 bits per heavy atom. The lowest BCUT2D eigenvalue weighted by Crippen LogP contribution is -2.38. The van der Waals surface area contributed by atoms with Gasteiger partial charge in [0.15, 0.2) is 0 Å². The number of morpholine rings is 1. The second-order valence-electron chi connectivity index (χ2n) is 11.7. The Bertz CT molecular complexity index is 1840. The van der Waals surface area contributed by atoms with E-state index >= 15 is 0 Å². The highest BCUT2D eigenvalue weighted by Crippen LogP contribution is 2.37. The van der Waals surface area contributed by atoms with Crippen LogP contribution >= 0.6 is 47.2 Å². The summed E-state index contributed by atoms with van der Waals surface area (Å²) in [6.07, 6.45) is 0.490. The molecule has 52 heavy (non-hydrogen) atoms. The van der Waals surface area contributed by atoms with Crippen LogP contribution in [-0.2, 0) is 19.1 Å². The topological polar surface area (TPSA) is 147 Å². The number of amides is 2. The van der Waals surface area contributed by atoms with Gasteiger partial charge in [-0.05, 0) is 59.7 Å². The van der Waals surface area contributed by atoms with E-state index in [1.54, 1.807) is 18.2 Å². The number of hydrogen-bond donors (Lipinski definition) is 3. The number of ether oxygens (including phenoxy) is 4. The van der Waals surface area contributed by atoms with E-state index < -0.39 is 24.6 Å². The van der Waals surface area contributed by atoms with Gasteiger partial charge in [-0.3, -0.25) is 19.4 Å². The van der Waals surface area contributed by atoms with Gasteiger partial charge in [-0.15, -0.1) is 0 Å². The lowest BCUT2D eigenvalue weighted by molar-refractivity contribution is -0.122. The highest BCUT2D eigenvalue weighted by Gasteiger charge is 2.32. The Balaban J connectivity index is 1.23. The molecule has 1 atom stereocenters. The zero-order valence-electron chi connectivity index (χ0n) is 28.1. The molecule has 3 N–H and O–H groups in total. The summed E-state index contributed by atoms with van der Waals surface area (Å²) in [6, 6.07) is 15.3.